The fraction of sp³-hybridized carbons (Fsp3) is 0.600. The number of sulfone groups is 1. The number of anilines is 1. The lowest BCUT2D eigenvalue weighted by atomic mass is 9.78. The first kappa shape index (κ1) is 14.8. The number of hydrogen-bond donors (Lipinski definition) is 1. The number of rotatable bonds is 2. The van der Waals surface area contributed by atoms with E-state index in [1.807, 2.05) is 4.90 Å². The molecule has 1 aliphatic heterocycles. The molecule has 0 aromatic heterocycles. The fourth-order valence-corrected chi connectivity index (χ4v) is 4.32. The second-order valence-corrected chi connectivity index (χ2v) is 8.32. The summed E-state index contributed by atoms with van der Waals surface area (Å²) in [6, 6.07) is 4.38. The Labute approximate surface area is 125 Å². The van der Waals surface area contributed by atoms with Crippen LogP contribution in [0.1, 0.15) is 19.3 Å². The summed E-state index contributed by atoms with van der Waals surface area (Å²) in [5, 5.41) is 0. The third kappa shape index (κ3) is 2.79. The van der Waals surface area contributed by atoms with Crippen LogP contribution in [0.5, 0.6) is 0 Å². The zero-order valence-electron chi connectivity index (χ0n) is 12.1. The van der Waals surface area contributed by atoms with Crippen LogP contribution in [0.25, 0.3) is 0 Å². The molecule has 0 bridgehead atoms. The Bertz CT molecular complexity index is 647. The molecule has 4 nitrogen and oxygen atoms in total. The standard InChI is InChI=1S/C15H21FN2O2S/c1-21(19,20)11-5-6-15(13(16)7-11)18-8-10-3-2-4-14(17)12(10)9-18/h5-7,10,12,14H,2-4,8-9,17H2,1H3. The van der Waals surface area contributed by atoms with Gasteiger partial charge in [0.05, 0.1) is 10.6 Å². The Morgan fingerprint density at radius 3 is 2.67 bits per heavy atom. The van der Waals surface area contributed by atoms with Crippen molar-refractivity contribution in [2.75, 3.05) is 24.2 Å². The smallest absolute Gasteiger partial charge is 0.175 e. The molecule has 6 heteroatoms. The maximum Gasteiger partial charge on any atom is 0.175 e. The number of nitrogens with zero attached hydrogens (tertiary/aromatic N) is 1. The molecule has 1 heterocycles. The van der Waals surface area contributed by atoms with Gasteiger partial charge in [0.15, 0.2) is 9.84 Å². The van der Waals surface area contributed by atoms with E-state index in [4.69, 9.17) is 5.73 Å². The van der Waals surface area contributed by atoms with Gasteiger partial charge in [-0.3, -0.25) is 0 Å². The number of nitrogens with two attached hydrogens (primary N) is 1. The van der Waals surface area contributed by atoms with Gasteiger partial charge in [0.25, 0.3) is 0 Å². The predicted octanol–water partition coefficient (Wildman–Crippen LogP) is 1.79. The highest BCUT2D eigenvalue weighted by atomic mass is 32.2. The molecule has 3 unspecified atom stereocenters. The van der Waals surface area contributed by atoms with Gasteiger partial charge < -0.3 is 10.6 Å². The lowest BCUT2D eigenvalue weighted by Gasteiger charge is -2.29. The summed E-state index contributed by atoms with van der Waals surface area (Å²) < 4.78 is 37.2. The van der Waals surface area contributed by atoms with E-state index in [1.165, 1.54) is 6.07 Å². The van der Waals surface area contributed by atoms with E-state index in [-0.39, 0.29) is 10.9 Å². The predicted molar refractivity (Wildman–Crippen MR) is 80.5 cm³/mol. The van der Waals surface area contributed by atoms with Crippen LogP contribution in [-0.2, 0) is 9.84 Å². The topological polar surface area (TPSA) is 63.4 Å². The molecular formula is C15H21FN2O2S. The van der Waals surface area contributed by atoms with E-state index in [0.29, 0.717) is 17.5 Å². The van der Waals surface area contributed by atoms with Crippen molar-refractivity contribution in [1.29, 1.82) is 0 Å². The highest BCUT2D eigenvalue weighted by molar-refractivity contribution is 7.90. The lowest BCUT2D eigenvalue weighted by Crippen LogP contribution is -2.38. The van der Waals surface area contributed by atoms with Crippen LogP contribution in [0.4, 0.5) is 10.1 Å². The Morgan fingerprint density at radius 2 is 2.05 bits per heavy atom. The minimum absolute atomic E-state index is 0.0251. The quantitative estimate of drug-likeness (QED) is 0.904. The molecule has 0 spiro atoms. The molecule has 1 saturated heterocycles. The number of halogens is 1. The van der Waals surface area contributed by atoms with Gasteiger partial charge in [0.2, 0.25) is 0 Å². The molecule has 3 rings (SSSR count). The van der Waals surface area contributed by atoms with Gasteiger partial charge >= 0.3 is 0 Å². The van der Waals surface area contributed by atoms with Gasteiger partial charge in [-0.2, -0.15) is 0 Å². The molecule has 0 radical (unpaired) electrons. The van der Waals surface area contributed by atoms with Crippen molar-refractivity contribution < 1.29 is 12.8 Å². The van der Waals surface area contributed by atoms with Crippen molar-refractivity contribution in [2.45, 2.75) is 30.2 Å². The second-order valence-electron chi connectivity index (χ2n) is 6.31. The van der Waals surface area contributed by atoms with Crippen molar-refractivity contribution in [2.24, 2.45) is 17.6 Å². The molecule has 21 heavy (non-hydrogen) atoms. The van der Waals surface area contributed by atoms with Crippen molar-refractivity contribution in [3.63, 3.8) is 0 Å². The summed E-state index contributed by atoms with van der Waals surface area (Å²) in [7, 11) is -3.37. The summed E-state index contributed by atoms with van der Waals surface area (Å²) in [6.45, 7) is 1.58. The first-order valence-electron chi connectivity index (χ1n) is 7.36. The number of benzene rings is 1. The van der Waals surface area contributed by atoms with Crippen LogP contribution < -0.4 is 10.6 Å². The SMILES string of the molecule is CS(=O)(=O)c1ccc(N2CC3CCCC(N)C3C2)c(F)c1. The minimum Gasteiger partial charge on any atom is -0.369 e. The average Bonchev–Trinajstić information content (AvgIpc) is 2.82. The summed E-state index contributed by atoms with van der Waals surface area (Å²) in [4.78, 5) is 2.04. The number of fused-ring (bicyclic) bond motifs is 1. The van der Waals surface area contributed by atoms with E-state index in [1.54, 1.807) is 6.07 Å². The maximum atomic E-state index is 14.3. The van der Waals surface area contributed by atoms with Crippen molar-refractivity contribution in [3.8, 4) is 0 Å². The molecule has 3 atom stereocenters. The van der Waals surface area contributed by atoms with Gasteiger partial charge in [-0.25, -0.2) is 12.8 Å². The van der Waals surface area contributed by atoms with Crippen LogP contribution in [0.15, 0.2) is 23.1 Å². The van der Waals surface area contributed by atoms with E-state index < -0.39 is 15.7 Å². The third-order valence-corrected chi connectivity index (χ3v) is 5.95. The normalized spacial score (nSPS) is 29.5. The molecular weight excluding hydrogens is 291 g/mol. The molecule has 116 valence electrons. The summed E-state index contributed by atoms with van der Waals surface area (Å²) >= 11 is 0. The largest absolute Gasteiger partial charge is 0.369 e. The highest BCUT2D eigenvalue weighted by Gasteiger charge is 2.39. The van der Waals surface area contributed by atoms with Crippen LogP contribution in [0.3, 0.4) is 0 Å². The molecule has 1 aromatic rings. The molecule has 2 fully saturated rings. The summed E-state index contributed by atoms with van der Waals surface area (Å²) in [6.07, 6.45) is 4.43. The van der Waals surface area contributed by atoms with E-state index in [0.717, 1.165) is 44.7 Å². The molecule has 2 N–H and O–H groups in total. The third-order valence-electron chi connectivity index (χ3n) is 4.84. The minimum atomic E-state index is -3.37. The van der Waals surface area contributed by atoms with Gasteiger partial charge in [0, 0.05) is 25.4 Å². The van der Waals surface area contributed by atoms with Gasteiger partial charge in [-0.15, -0.1) is 0 Å². The lowest BCUT2D eigenvalue weighted by molar-refractivity contribution is 0.260. The molecule has 1 saturated carbocycles. The van der Waals surface area contributed by atoms with Gasteiger partial charge in [-0.1, -0.05) is 6.42 Å². The van der Waals surface area contributed by atoms with E-state index in [9.17, 15) is 12.8 Å². The second kappa shape index (κ2) is 5.25. The molecule has 2 aliphatic rings. The Balaban J connectivity index is 1.85. The molecule has 1 aliphatic carbocycles. The summed E-state index contributed by atoms with van der Waals surface area (Å²) in [5.41, 5.74) is 6.67. The van der Waals surface area contributed by atoms with E-state index in [2.05, 4.69) is 0 Å². The van der Waals surface area contributed by atoms with E-state index >= 15 is 0 Å². The monoisotopic (exact) mass is 312 g/mol. The summed E-state index contributed by atoms with van der Waals surface area (Å²) in [5.74, 6) is 0.487. The zero-order valence-corrected chi connectivity index (χ0v) is 12.9. The van der Waals surface area contributed by atoms with Gasteiger partial charge in [0.1, 0.15) is 5.82 Å². The van der Waals surface area contributed by atoms with Crippen molar-refractivity contribution >= 4 is 15.5 Å². The average molecular weight is 312 g/mol. The molecule has 1 aromatic carbocycles. The Morgan fingerprint density at radius 1 is 1.29 bits per heavy atom. The first-order valence-corrected chi connectivity index (χ1v) is 9.25. The number of hydrogen-bond acceptors (Lipinski definition) is 4. The first-order chi connectivity index (χ1) is 9.86. The van der Waals surface area contributed by atoms with Crippen molar-refractivity contribution in [3.05, 3.63) is 24.0 Å². The fourth-order valence-electron chi connectivity index (χ4n) is 3.69. The maximum absolute atomic E-state index is 14.3. The Kier molecular flexibility index (Phi) is 3.69. The van der Waals surface area contributed by atoms with Crippen LogP contribution in [0.2, 0.25) is 0 Å². The van der Waals surface area contributed by atoms with Gasteiger partial charge in [-0.05, 0) is 42.9 Å². The van der Waals surface area contributed by atoms with Crippen LogP contribution in [0, 0.1) is 17.7 Å². The van der Waals surface area contributed by atoms with Crippen molar-refractivity contribution in [1.82, 2.24) is 0 Å². The van der Waals surface area contributed by atoms with Crippen LogP contribution in [-0.4, -0.2) is 33.8 Å². The highest BCUT2D eigenvalue weighted by Crippen LogP contribution is 2.38. The molecule has 0 amide bonds. The Hall–Kier alpha value is -1.14. The van der Waals surface area contributed by atoms with Crippen LogP contribution >= 0.6 is 0 Å². The zero-order chi connectivity index (χ0) is 15.2.